The summed E-state index contributed by atoms with van der Waals surface area (Å²) in [5.41, 5.74) is 1.39. The van der Waals surface area contributed by atoms with Crippen LogP contribution in [0.2, 0.25) is 0 Å². The summed E-state index contributed by atoms with van der Waals surface area (Å²) in [4.78, 5) is 40.6. The van der Waals surface area contributed by atoms with Crippen LogP contribution in [0.25, 0.3) is 0 Å². The van der Waals surface area contributed by atoms with Crippen LogP contribution in [0.5, 0.6) is 0 Å². The molecule has 0 bridgehead atoms. The molecule has 12 heteroatoms. The summed E-state index contributed by atoms with van der Waals surface area (Å²) in [6.45, 7) is 1.41. The normalized spacial score (nSPS) is 27.5. The van der Waals surface area contributed by atoms with Crippen LogP contribution in [0, 0.1) is 0 Å². The second kappa shape index (κ2) is 16.8. The third-order valence-electron chi connectivity index (χ3n) is 8.46. The Morgan fingerprint density at radius 1 is 0.608 bits per heavy atom. The van der Waals surface area contributed by atoms with Crippen molar-refractivity contribution in [1.29, 1.82) is 0 Å². The second-order valence-corrected chi connectivity index (χ2v) is 12.1. The molecule has 2 fully saturated rings. The summed E-state index contributed by atoms with van der Waals surface area (Å²) in [6, 6.07) is 33.6. The number of aliphatic hydroxyl groups excluding tert-OH is 2. The van der Waals surface area contributed by atoms with E-state index in [-0.39, 0.29) is 29.9 Å². The van der Waals surface area contributed by atoms with E-state index in [1.165, 1.54) is 12.1 Å². The van der Waals surface area contributed by atoms with E-state index in [1.807, 2.05) is 30.3 Å². The molecule has 0 spiro atoms. The van der Waals surface area contributed by atoms with E-state index in [2.05, 4.69) is 0 Å². The van der Waals surface area contributed by atoms with Crippen LogP contribution in [0.1, 0.15) is 43.6 Å². The number of aliphatic hydroxyl groups is 2. The first-order chi connectivity index (χ1) is 24.8. The first-order valence-electron chi connectivity index (χ1n) is 16.5. The van der Waals surface area contributed by atoms with Crippen LogP contribution >= 0.6 is 0 Å². The lowest BCUT2D eigenvalue weighted by molar-refractivity contribution is -0.353. The molecule has 4 aromatic carbocycles. The van der Waals surface area contributed by atoms with Crippen molar-refractivity contribution in [3.63, 3.8) is 0 Å². The van der Waals surface area contributed by atoms with Gasteiger partial charge in [0.1, 0.15) is 18.3 Å². The van der Waals surface area contributed by atoms with Gasteiger partial charge < -0.3 is 43.4 Å². The van der Waals surface area contributed by atoms with Gasteiger partial charge in [-0.2, -0.15) is 0 Å². The summed E-state index contributed by atoms with van der Waals surface area (Å²) in [5.74, 6) is -2.35. The molecule has 0 amide bonds. The average molecular weight is 699 g/mol. The second-order valence-electron chi connectivity index (χ2n) is 12.1. The molecule has 2 saturated heterocycles. The van der Waals surface area contributed by atoms with Crippen molar-refractivity contribution in [2.75, 3.05) is 6.61 Å². The van der Waals surface area contributed by atoms with Gasteiger partial charge in [-0.1, -0.05) is 84.9 Å². The van der Waals surface area contributed by atoms with Crippen molar-refractivity contribution in [2.24, 2.45) is 0 Å². The summed E-state index contributed by atoms with van der Waals surface area (Å²) in [6.07, 6.45) is -12.4. The Balaban J connectivity index is 1.34. The number of benzene rings is 4. The molecule has 9 atom stereocenters. The Labute approximate surface area is 294 Å². The van der Waals surface area contributed by atoms with Gasteiger partial charge in [0.05, 0.1) is 36.0 Å². The largest absolute Gasteiger partial charge is 0.452 e. The van der Waals surface area contributed by atoms with Crippen molar-refractivity contribution in [1.82, 2.24) is 0 Å². The minimum Gasteiger partial charge on any atom is -0.452 e. The van der Waals surface area contributed by atoms with E-state index in [1.54, 1.807) is 85.8 Å². The SMILES string of the molecule is C[C@@H]1O[C@@H](O[C@H]2[C@H](OCc3ccccc3)OC[C@H](O)[C@@H]2O)[C@H](OC(=O)c2ccccc2)[C@H](OC(=O)c2ccccc2)[C@H]1OC(=O)c1ccccc1. The highest BCUT2D eigenvalue weighted by Crippen LogP contribution is 2.34. The molecule has 266 valence electrons. The third-order valence-corrected chi connectivity index (χ3v) is 8.46. The monoisotopic (exact) mass is 698 g/mol. The quantitative estimate of drug-likeness (QED) is 0.171. The molecule has 0 aromatic heterocycles. The molecule has 2 aliphatic heterocycles. The van der Waals surface area contributed by atoms with Crippen molar-refractivity contribution >= 4 is 17.9 Å². The standard InChI is InChI=1S/C39H38O12/c1-24-31(48-35(42)26-16-8-3-9-17-26)33(49-36(43)27-18-10-4-11-19-27)34(50-37(44)28-20-12-5-13-21-28)39(47-24)51-32-30(41)29(40)23-46-38(32)45-22-25-14-6-2-7-15-25/h2-21,24,29-34,38-41H,22-23H2,1H3/t24-,29-,30-,31-,32+,33+,34+,38+,39-/m0/s1. The molecular weight excluding hydrogens is 660 g/mol. The zero-order chi connectivity index (χ0) is 35.7. The number of rotatable bonds is 11. The van der Waals surface area contributed by atoms with Crippen molar-refractivity contribution in [3.8, 4) is 0 Å². The van der Waals surface area contributed by atoms with Crippen molar-refractivity contribution < 1.29 is 57.8 Å². The van der Waals surface area contributed by atoms with Gasteiger partial charge in [-0.05, 0) is 48.9 Å². The van der Waals surface area contributed by atoms with Crippen LogP contribution in [0.3, 0.4) is 0 Å². The van der Waals surface area contributed by atoms with Crippen LogP contribution < -0.4 is 0 Å². The number of carbonyl (C=O) groups excluding carboxylic acids is 3. The molecule has 2 heterocycles. The number of hydrogen-bond acceptors (Lipinski definition) is 12. The minimum atomic E-state index is -1.57. The average Bonchev–Trinajstić information content (AvgIpc) is 3.17. The Kier molecular flexibility index (Phi) is 11.8. The van der Waals surface area contributed by atoms with Crippen LogP contribution in [0.15, 0.2) is 121 Å². The predicted octanol–water partition coefficient (Wildman–Crippen LogP) is 4.09. The fraction of sp³-hybridized carbons (Fsp3) is 0.308. The molecule has 2 N–H and O–H groups in total. The lowest BCUT2D eigenvalue weighted by Gasteiger charge is -2.46. The fourth-order valence-corrected chi connectivity index (χ4v) is 5.76. The minimum absolute atomic E-state index is 0.0807. The fourth-order valence-electron chi connectivity index (χ4n) is 5.76. The van der Waals surface area contributed by atoms with E-state index < -0.39 is 73.2 Å². The molecule has 12 nitrogen and oxygen atoms in total. The number of carbonyl (C=O) groups is 3. The molecule has 2 aliphatic rings. The van der Waals surface area contributed by atoms with Crippen LogP contribution in [0.4, 0.5) is 0 Å². The zero-order valence-corrected chi connectivity index (χ0v) is 27.6. The smallest absolute Gasteiger partial charge is 0.338 e. The Morgan fingerprint density at radius 3 is 1.57 bits per heavy atom. The Morgan fingerprint density at radius 2 is 1.06 bits per heavy atom. The lowest BCUT2D eigenvalue weighted by Crippen LogP contribution is -2.64. The number of esters is 3. The van der Waals surface area contributed by atoms with E-state index in [9.17, 15) is 24.6 Å². The summed E-state index contributed by atoms with van der Waals surface area (Å²) >= 11 is 0. The van der Waals surface area contributed by atoms with Gasteiger partial charge >= 0.3 is 17.9 Å². The van der Waals surface area contributed by atoms with E-state index >= 15 is 0 Å². The number of hydrogen-bond donors (Lipinski definition) is 2. The van der Waals surface area contributed by atoms with Gasteiger partial charge in [-0.3, -0.25) is 0 Å². The van der Waals surface area contributed by atoms with E-state index in [0.29, 0.717) is 0 Å². The molecule has 0 saturated carbocycles. The molecule has 6 rings (SSSR count). The summed E-state index contributed by atoms with van der Waals surface area (Å²) in [7, 11) is 0. The van der Waals surface area contributed by atoms with Crippen LogP contribution in [-0.4, -0.2) is 90.0 Å². The van der Waals surface area contributed by atoms with Gasteiger partial charge in [-0.15, -0.1) is 0 Å². The molecule has 4 aromatic rings. The van der Waals surface area contributed by atoms with E-state index in [4.69, 9.17) is 33.2 Å². The lowest BCUT2D eigenvalue weighted by atomic mass is 9.97. The first kappa shape index (κ1) is 35.9. The zero-order valence-electron chi connectivity index (χ0n) is 27.6. The molecule has 0 radical (unpaired) electrons. The molecule has 51 heavy (non-hydrogen) atoms. The van der Waals surface area contributed by atoms with Crippen molar-refractivity contribution in [2.45, 2.75) is 68.8 Å². The number of ether oxygens (including phenoxy) is 7. The van der Waals surface area contributed by atoms with Gasteiger partial charge in [-0.25, -0.2) is 14.4 Å². The molecular formula is C39H38O12. The highest BCUT2D eigenvalue weighted by molar-refractivity contribution is 5.91. The predicted molar refractivity (Wildman–Crippen MR) is 179 cm³/mol. The maximum absolute atomic E-state index is 13.6. The highest BCUT2D eigenvalue weighted by Gasteiger charge is 2.54. The maximum atomic E-state index is 13.6. The van der Waals surface area contributed by atoms with E-state index in [0.717, 1.165) is 5.56 Å². The summed E-state index contributed by atoms with van der Waals surface area (Å²) in [5, 5.41) is 21.7. The van der Waals surface area contributed by atoms with Gasteiger partial charge in [0.2, 0.25) is 0 Å². The van der Waals surface area contributed by atoms with Gasteiger partial charge in [0.15, 0.2) is 30.9 Å². The van der Waals surface area contributed by atoms with Crippen LogP contribution in [-0.2, 0) is 39.8 Å². The maximum Gasteiger partial charge on any atom is 0.338 e. The highest BCUT2D eigenvalue weighted by atomic mass is 16.8. The third kappa shape index (κ3) is 8.86. The van der Waals surface area contributed by atoms with Gasteiger partial charge in [0, 0.05) is 0 Å². The summed E-state index contributed by atoms with van der Waals surface area (Å²) < 4.78 is 42.2. The topological polar surface area (TPSA) is 156 Å². The Hall–Kier alpha value is -4.95. The Bertz CT molecular complexity index is 1720. The van der Waals surface area contributed by atoms with Gasteiger partial charge in [0.25, 0.3) is 0 Å². The first-order valence-corrected chi connectivity index (χ1v) is 16.5. The van der Waals surface area contributed by atoms with Crippen molar-refractivity contribution in [3.05, 3.63) is 144 Å². The molecule has 0 unspecified atom stereocenters. The molecule has 0 aliphatic carbocycles.